The number of ether oxygens (including phenoxy) is 1. The van der Waals surface area contributed by atoms with Crippen molar-refractivity contribution in [1.29, 1.82) is 0 Å². The molecule has 6 nitrogen and oxygen atoms in total. The Bertz CT molecular complexity index is 929. The first-order valence-corrected chi connectivity index (χ1v) is 8.23. The Kier molecular flexibility index (Phi) is 5.34. The third-order valence-electron chi connectivity index (χ3n) is 3.68. The highest BCUT2D eigenvalue weighted by Crippen LogP contribution is 2.22. The van der Waals surface area contributed by atoms with Crippen LogP contribution >= 0.6 is 11.6 Å². The average molecular weight is 369 g/mol. The minimum absolute atomic E-state index is 0.299. The molecule has 1 heterocycles. The van der Waals surface area contributed by atoms with Gasteiger partial charge in [-0.25, -0.2) is 9.97 Å². The molecule has 0 aliphatic heterocycles. The topological polar surface area (TPSA) is 76.1 Å². The molecule has 0 saturated heterocycles. The summed E-state index contributed by atoms with van der Waals surface area (Å²) in [7, 11) is 1.57. The zero-order chi connectivity index (χ0) is 18.5. The standard InChI is InChI=1S/C19H17ClN4O2/c1-12-8-14(20)6-7-17(12)24-19-21-10-13(11-22-19)18(25)23-15-4-3-5-16(9-15)26-2/h3-11H,1-2H3,(H,23,25)(H,21,22,24). The summed E-state index contributed by atoms with van der Waals surface area (Å²) in [4.78, 5) is 20.7. The van der Waals surface area contributed by atoms with Crippen LogP contribution < -0.4 is 15.4 Å². The number of aryl methyl sites for hydroxylation is 1. The van der Waals surface area contributed by atoms with Crippen LogP contribution in [0.15, 0.2) is 54.9 Å². The summed E-state index contributed by atoms with van der Waals surface area (Å²) in [6.45, 7) is 1.93. The van der Waals surface area contributed by atoms with Crippen molar-refractivity contribution in [2.75, 3.05) is 17.7 Å². The van der Waals surface area contributed by atoms with Crippen LogP contribution in [-0.2, 0) is 0 Å². The minimum Gasteiger partial charge on any atom is -0.497 e. The highest BCUT2D eigenvalue weighted by Gasteiger charge is 2.09. The van der Waals surface area contributed by atoms with E-state index in [2.05, 4.69) is 20.6 Å². The third-order valence-corrected chi connectivity index (χ3v) is 3.91. The highest BCUT2D eigenvalue weighted by molar-refractivity contribution is 6.30. The minimum atomic E-state index is -0.299. The van der Waals surface area contributed by atoms with Crippen LogP contribution in [0.25, 0.3) is 0 Å². The summed E-state index contributed by atoms with van der Waals surface area (Å²) in [6.07, 6.45) is 2.94. The summed E-state index contributed by atoms with van der Waals surface area (Å²) in [5.41, 5.74) is 2.81. The second kappa shape index (κ2) is 7.84. The molecule has 26 heavy (non-hydrogen) atoms. The molecule has 0 atom stereocenters. The van der Waals surface area contributed by atoms with Crippen LogP contribution in [0, 0.1) is 6.92 Å². The van der Waals surface area contributed by atoms with Gasteiger partial charge in [-0.1, -0.05) is 17.7 Å². The second-order valence-electron chi connectivity index (χ2n) is 5.57. The lowest BCUT2D eigenvalue weighted by molar-refractivity contribution is 0.102. The van der Waals surface area contributed by atoms with Crippen molar-refractivity contribution in [3.05, 3.63) is 71.0 Å². The van der Waals surface area contributed by atoms with E-state index in [-0.39, 0.29) is 5.91 Å². The highest BCUT2D eigenvalue weighted by atomic mass is 35.5. The number of amides is 1. The Morgan fingerprint density at radius 1 is 1.12 bits per heavy atom. The molecule has 3 rings (SSSR count). The smallest absolute Gasteiger partial charge is 0.258 e. The lowest BCUT2D eigenvalue weighted by Gasteiger charge is -2.09. The van der Waals surface area contributed by atoms with Gasteiger partial charge >= 0.3 is 0 Å². The van der Waals surface area contributed by atoms with Crippen LogP contribution in [-0.4, -0.2) is 23.0 Å². The number of rotatable bonds is 5. The van der Waals surface area contributed by atoms with Gasteiger partial charge in [0.25, 0.3) is 5.91 Å². The number of benzene rings is 2. The maximum Gasteiger partial charge on any atom is 0.258 e. The molecule has 7 heteroatoms. The first kappa shape index (κ1) is 17.7. The normalized spacial score (nSPS) is 10.3. The van der Waals surface area contributed by atoms with Crippen molar-refractivity contribution in [2.24, 2.45) is 0 Å². The number of methoxy groups -OCH3 is 1. The number of anilines is 3. The Hall–Kier alpha value is -3.12. The van der Waals surface area contributed by atoms with Crippen molar-refractivity contribution in [2.45, 2.75) is 6.92 Å². The number of halogens is 1. The molecule has 0 fully saturated rings. The van der Waals surface area contributed by atoms with Gasteiger partial charge in [0.15, 0.2) is 0 Å². The summed E-state index contributed by atoms with van der Waals surface area (Å²) in [6, 6.07) is 12.6. The van der Waals surface area contributed by atoms with Gasteiger partial charge in [-0.3, -0.25) is 4.79 Å². The van der Waals surface area contributed by atoms with Gasteiger partial charge in [-0.15, -0.1) is 0 Å². The summed E-state index contributed by atoms with van der Waals surface area (Å²) >= 11 is 5.95. The van der Waals surface area contributed by atoms with Gasteiger partial charge in [-0.2, -0.15) is 0 Å². The average Bonchev–Trinajstić information content (AvgIpc) is 2.64. The van der Waals surface area contributed by atoms with Crippen LogP contribution in [0.1, 0.15) is 15.9 Å². The molecular formula is C19H17ClN4O2. The van der Waals surface area contributed by atoms with Gasteiger partial charge in [-0.05, 0) is 42.8 Å². The molecule has 0 saturated carbocycles. The Morgan fingerprint density at radius 2 is 1.88 bits per heavy atom. The largest absolute Gasteiger partial charge is 0.497 e. The number of carbonyl (C=O) groups excluding carboxylic acids is 1. The zero-order valence-electron chi connectivity index (χ0n) is 14.3. The van der Waals surface area contributed by atoms with Gasteiger partial charge in [0.1, 0.15) is 5.75 Å². The van der Waals surface area contributed by atoms with E-state index < -0.39 is 0 Å². The number of nitrogens with zero attached hydrogens (tertiary/aromatic N) is 2. The van der Waals surface area contributed by atoms with E-state index in [1.165, 1.54) is 12.4 Å². The van der Waals surface area contributed by atoms with E-state index >= 15 is 0 Å². The number of carbonyl (C=O) groups is 1. The molecule has 0 aliphatic carbocycles. The van der Waals surface area contributed by atoms with Crippen molar-refractivity contribution in [3.63, 3.8) is 0 Å². The van der Waals surface area contributed by atoms with Gasteiger partial charge in [0.2, 0.25) is 5.95 Å². The van der Waals surface area contributed by atoms with Gasteiger partial charge in [0, 0.05) is 34.9 Å². The lowest BCUT2D eigenvalue weighted by Crippen LogP contribution is -2.13. The van der Waals surface area contributed by atoms with Crippen molar-refractivity contribution in [3.8, 4) is 5.75 Å². The van der Waals surface area contributed by atoms with Crippen LogP contribution in [0.3, 0.4) is 0 Å². The summed E-state index contributed by atoms with van der Waals surface area (Å²) < 4.78 is 5.14. The quantitative estimate of drug-likeness (QED) is 0.696. The van der Waals surface area contributed by atoms with E-state index in [4.69, 9.17) is 16.3 Å². The molecule has 2 aromatic carbocycles. The van der Waals surface area contributed by atoms with E-state index in [0.29, 0.717) is 28.0 Å². The molecule has 0 spiro atoms. The van der Waals surface area contributed by atoms with Crippen molar-refractivity contribution < 1.29 is 9.53 Å². The van der Waals surface area contributed by atoms with E-state index in [1.807, 2.05) is 19.1 Å². The lowest BCUT2D eigenvalue weighted by atomic mass is 10.2. The molecule has 3 aromatic rings. The van der Waals surface area contributed by atoms with E-state index in [0.717, 1.165) is 11.3 Å². The predicted octanol–water partition coefficient (Wildman–Crippen LogP) is 4.44. The monoisotopic (exact) mass is 368 g/mol. The second-order valence-corrected chi connectivity index (χ2v) is 6.00. The van der Waals surface area contributed by atoms with Crippen molar-refractivity contribution in [1.82, 2.24) is 9.97 Å². The first-order chi connectivity index (χ1) is 12.5. The fourth-order valence-electron chi connectivity index (χ4n) is 2.30. The van der Waals surface area contributed by atoms with Crippen LogP contribution in [0.4, 0.5) is 17.3 Å². The summed E-state index contributed by atoms with van der Waals surface area (Å²) in [5.74, 6) is 0.762. The zero-order valence-corrected chi connectivity index (χ0v) is 15.0. The van der Waals surface area contributed by atoms with Crippen LogP contribution in [0.5, 0.6) is 5.75 Å². The molecule has 2 N–H and O–H groups in total. The molecule has 0 aliphatic rings. The Labute approximate surface area is 156 Å². The molecule has 1 amide bonds. The number of aromatic nitrogens is 2. The molecule has 132 valence electrons. The molecule has 1 aromatic heterocycles. The maximum absolute atomic E-state index is 12.3. The molecule has 0 radical (unpaired) electrons. The molecule has 0 bridgehead atoms. The SMILES string of the molecule is COc1cccc(NC(=O)c2cnc(Nc3ccc(Cl)cc3C)nc2)c1. The molecule has 0 unspecified atom stereocenters. The van der Waals surface area contributed by atoms with Gasteiger partial charge in [0.05, 0.1) is 12.7 Å². The fraction of sp³-hybridized carbons (Fsp3) is 0.105. The van der Waals surface area contributed by atoms with Gasteiger partial charge < -0.3 is 15.4 Å². The summed E-state index contributed by atoms with van der Waals surface area (Å²) in [5, 5.41) is 6.55. The predicted molar refractivity (Wildman–Crippen MR) is 102 cm³/mol. The number of hydrogen-bond acceptors (Lipinski definition) is 5. The van der Waals surface area contributed by atoms with E-state index in [9.17, 15) is 4.79 Å². The maximum atomic E-state index is 12.3. The number of hydrogen-bond donors (Lipinski definition) is 2. The molecular weight excluding hydrogens is 352 g/mol. The van der Waals surface area contributed by atoms with E-state index in [1.54, 1.807) is 37.4 Å². The number of nitrogens with one attached hydrogen (secondary N) is 2. The first-order valence-electron chi connectivity index (χ1n) is 7.86. The van der Waals surface area contributed by atoms with Crippen molar-refractivity contribution >= 4 is 34.8 Å². The third kappa shape index (κ3) is 4.29. The Morgan fingerprint density at radius 3 is 2.58 bits per heavy atom. The fourth-order valence-corrected chi connectivity index (χ4v) is 2.53. The van der Waals surface area contributed by atoms with Crippen LogP contribution in [0.2, 0.25) is 5.02 Å². The Balaban J connectivity index is 1.69.